The number of carbonyl (C=O) groups is 1. The van der Waals surface area contributed by atoms with Crippen molar-refractivity contribution in [3.63, 3.8) is 0 Å². The van der Waals surface area contributed by atoms with Crippen LogP contribution in [-0.2, 0) is 16.4 Å². The number of thiazole rings is 1. The van der Waals surface area contributed by atoms with E-state index >= 15 is 0 Å². The van der Waals surface area contributed by atoms with E-state index in [1.807, 2.05) is 17.5 Å². The number of hydrogen-bond donors (Lipinski definition) is 2. The molecule has 0 fully saturated rings. The van der Waals surface area contributed by atoms with Crippen molar-refractivity contribution in [1.82, 2.24) is 4.98 Å². The number of rotatable bonds is 6. The molecule has 2 aromatic carbocycles. The lowest BCUT2D eigenvalue weighted by molar-refractivity contribution is 0.102. The SMILES string of the molecule is CCc1ccc(C(=O)Nc2nc(-c3ccc(NS(C)(=O)=O)cc3)cs2)cc1. The second-order valence-electron chi connectivity index (χ2n) is 5.99. The quantitative estimate of drug-likeness (QED) is 0.653. The van der Waals surface area contributed by atoms with Crippen LogP contribution in [0.3, 0.4) is 0 Å². The van der Waals surface area contributed by atoms with Crippen molar-refractivity contribution in [1.29, 1.82) is 0 Å². The molecule has 0 unspecified atom stereocenters. The number of hydrogen-bond acceptors (Lipinski definition) is 5. The molecule has 0 spiro atoms. The van der Waals surface area contributed by atoms with Gasteiger partial charge in [-0.3, -0.25) is 14.8 Å². The summed E-state index contributed by atoms with van der Waals surface area (Å²) in [4.78, 5) is 16.8. The van der Waals surface area contributed by atoms with Crippen LogP contribution in [0.25, 0.3) is 11.3 Å². The zero-order chi connectivity index (χ0) is 19.4. The zero-order valence-corrected chi connectivity index (χ0v) is 16.5. The number of anilines is 2. The Hall–Kier alpha value is -2.71. The van der Waals surface area contributed by atoms with Gasteiger partial charge in [-0.05, 0) is 36.2 Å². The Morgan fingerprint density at radius 1 is 1.07 bits per heavy atom. The summed E-state index contributed by atoms with van der Waals surface area (Å²) in [5.41, 5.74) is 3.79. The lowest BCUT2D eigenvalue weighted by Crippen LogP contribution is -2.11. The predicted octanol–water partition coefficient (Wildman–Crippen LogP) is 4.00. The van der Waals surface area contributed by atoms with Crippen LogP contribution in [0.2, 0.25) is 0 Å². The van der Waals surface area contributed by atoms with E-state index in [0.29, 0.717) is 22.1 Å². The number of aryl methyl sites for hydroxylation is 1. The van der Waals surface area contributed by atoms with Gasteiger partial charge in [0.2, 0.25) is 10.0 Å². The number of nitrogens with one attached hydrogen (secondary N) is 2. The summed E-state index contributed by atoms with van der Waals surface area (Å²) in [6.07, 6.45) is 2.03. The molecule has 8 heteroatoms. The van der Waals surface area contributed by atoms with Gasteiger partial charge in [0.25, 0.3) is 5.91 Å². The first-order valence-corrected chi connectivity index (χ1v) is 11.1. The smallest absolute Gasteiger partial charge is 0.257 e. The van der Waals surface area contributed by atoms with Crippen molar-refractivity contribution in [2.45, 2.75) is 13.3 Å². The summed E-state index contributed by atoms with van der Waals surface area (Å²) in [6.45, 7) is 2.07. The third-order valence-corrected chi connectivity index (χ3v) is 5.20. The highest BCUT2D eigenvalue weighted by Crippen LogP contribution is 2.26. The van der Waals surface area contributed by atoms with E-state index in [4.69, 9.17) is 0 Å². The molecule has 0 aliphatic heterocycles. The first kappa shape index (κ1) is 19.1. The predicted molar refractivity (Wildman–Crippen MR) is 110 cm³/mol. The zero-order valence-electron chi connectivity index (χ0n) is 14.9. The van der Waals surface area contributed by atoms with Gasteiger partial charge in [0.1, 0.15) is 0 Å². The normalized spacial score (nSPS) is 11.2. The minimum Gasteiger partial charge on any atom is -0.298 e. The second kappa shape index (κ2) is 7.89. The molecule has 0 bridgehead atoms. The largest absolute Gasteiger partial charge is 0.298 e. The Balaban J connectivity index is 1.69. The van der Waals surface area contributed by atoms with Crippen LogP contribution in [-0.4, -0.2) is 25.6 Å². The van der Waals surface area contributed by atoms with Gasteiger partial charge in [0.05, 0.1) is 11.9 Å². The molecule has 1 heterocycles. The van der Waals surface area contributed by atoms with E-state index in [-0.39, 0.29) is 5.91 Å². The molecular weight excluding hydrogens is 382 g/mol. The summed E-state index contributed by atoms with van der Waals surface area (Å²) >= 11 is 1.33. The maximum atomic E-state index is 12.3. The number of sulfonamides is 1. The minimum atomic E-state index is -3.31. The summed E-state index contributed by atoms with van der Waals surface area (Å²) in [7, 11) is -3.31. The topological polar surface area (TPSA) is 88.2 Å². The molecule has 0 saturated carbocycles. The van der Waals surface area contributed by atoms with Gasteiger partial charge in [0.15, 0.2) is 5.13 Å². The van der Waals surface area contributed by atoms with Crippen LogP contribution in [0.4, 0.5) is 10.8 Å². The van der Waals surface area contributed by atoms with E-state index in [0.717, 1.165) is 18.2 Å². The molecule has 1 aromatic heterocycles. The van der Waals surface area contributed by atoms with Crippen molar-refractivity contribution < 1.29 is 13.2 Å². The number of amides is 1. The molecule has 0 aliphatic carbocycles. The average Bonchev–Trinajstić information content (AvgIpc) is 3.09. The van der Waals surface area contributed by atoms with E-state index < -0.39 is 10.0 Å². The van der Waals surface area contributed by atoms with E-state index in [1.54, 1.807) is 36.4 Å². The third-order valence-electron chi connectivity index (χ3n) is 3.83. The molecule has 3 rings (SSSR count). The Morgan fingerprint density at radius 2 is 1.74 bits per heavy atom. The molecule has 3 aromatic rings. The van der Waals surface area contributed by atoms with Gasteiger partial charge in [-0.1, -0.05) is 31.2 Å². The molecule has 0 saturated heterocycles. The van der Waals surface area contributed by atoms with Gasteiger partial charge < -0.3 is 0 Å². The van der Waals surface area contributed by atoms with Crippen molar-refractivity contribution in [2.24, 2.45) is 0 Å². The van der Waals surface area contributed by atoms with Crippen LogP contribution in [0.15, 0.2) is 53.9 Å². The molecule has 0 radical (unpaired) electrons. The lowest BCUT2D eigenvalue weighted by atomic mass is 10.1. The lowest BCUT2D eigenvalue weighted by Gasteiger charge is -2.04. The third kappa shape index (κ3) is 5.15. The maximum absolute atomic E-state index is 12.3. The van der Waals surface area contributed by atoms with Gasteiger partial charge >= 0.3 is 0 Å². The highest BCUT2D eigenvalue weighted by atomic mass is 32.2. The van der Waals surface area contributed by atoms with Crippen LogP contribution >= 0.6 is 11.3 Å². The van der Waals surface area contributed by atoms with Crippen LogP contribution in [0.1, 0.15) is 22.8 Å². The average molecular weight is 402 g/mol. The minimum absolute atomic E-state index is 0.203. The molecular formula is C19H19N3O3S2. The van der Waals surface area contributed by atoms with Crippen molar-refractivity contribution in [2.75, 3.05) is 16.3 Å². The molecule has 1 amide bonds. The Kier molecular flexibility index (Phi) is 5.57. The van der Waals surface area contributed by atoms with Crippen molar-refractivity contribution in [3.05, 3.63) is 65.0 Å². The molecule has 6 nitrogen and oxygen atoms in total. The van der Waals surface area contributed by atoms with Crippen molar-refractivity contribution in [3.8, 4) is 11.3 Å². The number of benzene rings is 2. The Bertz CT molecular complexity index is 1040. The number of nitrogens with zero attached hydrogens (tertiary/aromatic N) is 1. The fourth-order valence-electron chi connectivity index (χ4n) is 2.45. The van der Waals surface area contributed by atoms with Gasteiger partial charge in [-0.15, -0.1) is 11.3 Å². The maximum Gasteiger partial charge on any atom is 0.257 e. The first-order valence-electron chi connectivity index (χ1n) is 8.28. The Morgan fingerprint density at radius 3 is 2.33 bits per heavy atom. The first-order chi connectivity index (χ1) is 12.8. The van der Waals surface area contributed by atoms with Crippen molar-refractivity contribution >= 4 is 38.1 Å². The summed E-state index contributed by atoms with van der Waals surface area (Å²) in [5.74, 6) is -0.203. The molecule has 0 aliphatic rings. The van der Waals surface area contributed by atoms with Gasteiger partial charge in [-0.2, -0.15) is 0 Å². The molecule has 0 atom stereocenters. The van der Waals surface area contributed by atoms with E-state index in [9.17, 15) is 13.2 Å². The Labute approximate surface area is 162 Å². The highest BCUT2D eigenvalue weighted by molar-refractivity contribution is 7.92. The fourth-order valence-corrected chi connectivity index (χ4v) is 3.73. The van der Waals surface area contributed by atoms with Gasteiger partial charge in [0, 0.05) is 22.2 Å². The summed E-state index contributed by atoms with van der Waals surface area (Å²) in [5, 5.41) is 5.15. The fraction of sp³-hybridized carbons (Fsp3) is 0.158. The second-order valence-corrected chi connectivity index (χ2v) is 8.60. The highest BCUT2D eigenvalue weighted by Gasteiger charge is 2.10. The standard InChI is InChI=1S/C19H19N3O3S2/c1-3-13-4-6-15(7-5-13)18(23)21-19-20-17(12-26-19)14-8-10-16(11-9-14)22-27(2,24)25/h4-12,22H,3H2,1-2H3,(H,20,21,23). The summed E-state index contributed by atoms with van der Waals surface area (Å²) < 4.78 is 24.9. The van der Waals surface area contributed by atoms with Crippen LogP contribution < -0.4 is 10.0 Å². The van der Waals surface area contributed by atoms with E-state index in [1.165, 1.54) is 16.9 Å². The van der Waals surface area contributed by atoms with Crippen LogP contribution in [0.5, 0.6) is 0 Å². The monoisotopic (exact) mass is 401 g/mol. The summed E-state index contributed by atoms with van der Waals surface area (Å²) in [6, 6.07) is 14.4. The number of aromatic nitrogens is 1. The van der Waals surface area contributed by atoms with Gasteiger partial charge in [-0.25, -0.2) is 13.4 Å². The van der Waals surface area contributed by atoms with Crippen LogP contribution in [0, 0.1) is 0 Å². The number of carbonyl (C=O) groups excluding carboxylic acids is 1. The molecule has 140 valence electrons. The molecule has 27 heavy (non-hydrogen) atoms. The van der Waals surface area contributed by atoms with E-state index in [2.05, 4.69) is 21.9 Å². The molecule has 2 N–H and O–H groups in total.